The molecule has 0 unspecified atom stereocenters. The minimum absolute atomic E-state index is 0.228. The van der Waals surface area contributed by atoms with Gasteiger partial charge in [-0.15, -0.1) is 0 Å². The van der Waals surface area contributed by atoms with Crippen molar-refractivity contribution in [3.63, 3.8) is 0 Å². The SMILES string of the molecule is Cc1cc(NC(=O)c2ccccn2)ccc1N1C(=O)N[C@@](C)(Cc2ccc(F)cc2)C1=O. The monoisotopic (exact) mass is 432 g/mol. The molecule has 1 aliphatic rings. The third-order valence-corrected chi connectivity index (χ3v) is 5.33. The topological polar surface area (TPSA) is 91.4 Å². The Kier molecular flexibility index (Phi) is 5.44. The van der Waals surface area contributed by atoms with E-state index < -0.39 is 17.5 Å². The molecule has 32 heavy (non-hydrogen) atoms. The van der Waals surface area contributed by atoms with Crippen molar-refractivity contribution < 1.29 is 18.8 Å². The van der Waals surface area contributed by atoms with Crippen molar-refractivity contribution in [1.29, 1.82) is 0 Å². The number of halogens is 1. The Balaban J connectivity index is 1.54. The summed E-state index contributed by atoms with van der Waals surface area (Å²) in [6, 6.07) is 15.3. The number of imide groups is 1. The number of amides is 4. The summed E-state index contributed by atoms with van der Waals surface area (Å²) >= 11 is 0. The van der Waals surface area contributed by atoms with Crippen molar-refractivity contribution in [2.75, 3.05) is 10.2 Å². The van der Waals surface area contributed by atoms with Crippen LogP contribution in [0.2, 0.25) is 0 Å². The summed E-state index contributed by atoms with van der Waals surface area (Å²) in [6.07, 6.45) is 1.76. The van der Waals surface area contributed by atoms with E-state index in [9.17, 15) is 18.8 Å². The zero-order valence-corrected chi connectivity index (χ0v) is 17.6. The highest BCUT2D eigenvalue weighted by Crippen LogP contribution is 2.31. The molecule has 0 saturated carbocycles. The maximum atomic E-state index is 13.2. The largest absolute Gasteiger partial charge is 0.329 e. The highest BCUT2D eigenvalue weighted by molar-refractivity contribution is 6.23. The van der Waals surface area contributed by atoms with Crippen molar-refractivity contribution in [2.45, 2.75) is 25.8 Å². The van der Waals surface area contributed by atoms with E-state index in [0.29, 0.717) is 16.9 Å². The first-order valence-electron chi connectivity index (χ1n) is 10.0. The summed E-state index contributed by atoms with van der Waals surface area (Å²) in [4.78, 5) is 43.3. The molecule has 1 saturated heterocycles. The van der Waals surface area contributed by atoms with E-state index >= 15 is 0 Å². The van der Waals surface area contributed by atoms with Crippen LogP contribution in [0.5, 0.6) is 0 Å². The van der Waals surface area contributed by atoms with Gasteiger partial charge in [-0.2, -0.15) is 0 Å². The van der Waals surface area contributed by atoms with Gasteiger partial charge in [0.25, 0.3) is 11.8 Å². The average Bonchev–Trinajstić information content (AvgIpc) is 2.99. The van der Waals surface area contributed by atoms with Crippen LogP contribution in [0, 0.1) is 12.7 Å². The van der Waals surface area contributed by atoms with Crippen LogP contribution in [0.1, 0.15) is 28.5 Å². The van der Waals surface area contributed by atoms with E-state index in [2.05, 4.69) is 15.6 Å². The minimum atomic E-state index is -1.16. The maximum Gasteiger partial charge on any atom is 0.329 e. The van der Waals surface area contributed by atoms with E-state index in [4.69, 9.17) is 0 Å². The molecule has 1 aliphatic heterocycles. The van der Waals surface area contributed by atoms with Gasteiger partial charge in [-0.1, -0.05) is 18.2 Å². The zero-order chi connectivity index (χ0) is 22.9. The number of carbonyl (C=O) groups is 3. The molecule has 0 aliphatic carbocycles. The van der Waals surface area contributed by atoms with Gasteiger partial charge in [-0.05, 0) is 67.4 Å². The number of nitrogens with one attached hydrogen (secondary N) is 2. The second kappa shape index (κ2) is 8.22. The molecule has 3 aromatic rings. The summed E-state index contributed by atoms with van der Waals surface area (Å²) in [5.74, 6) is -1.13. The Morgan fingerprint density at radius 3 is 2.53 bits per heavy atom. The molecule has 2 aromatic carbocycles. The smallest absolute Gasteiger partial charge is 0.323 e. The molecule has 2 N–H and O–H groups in total. The number of aromatic nitrogens is 1. The van der Waals surface area contributed by atoms with Crippen LogP contribution < -0.4 is 15.5 Å². The van der Waals surface area contributed by atoms with E-state index in [1.807, 2.05) is 0 Å². The maximum absolute atomic E-state index is 13.2. The number of rotatable bonds is 5. The van der Waals surface area contributed by atoms with Gasteiger partial charge in [-0.3, -0.25) is 14.6 Å². The Bertz CT molecular complexity index is 1200. The van der Waals surface area contributed by atoms with Gasteiger partial charge in [0.05, 0.1) is 5.69 Å². The van der Waals surface area contributed by atoms with Gasteiger partial charge in [0.2, 0.25) is 0 Å². The van der Waals surface area contributed by atoms with Crippen LogP contribution in [0.3, 0.4) is 0 Å². The van der Waals surface area contributed by atoms with Crippen LogP contribution >= 0.6 is 0 Å². The normalized spacial score (nSPS) is 17.9. The highest BCUT2D eigenvalue weighted by atomic mass is 19.1. The quantitative estimate of drug-likeness (QED) is 0.600. The van der Waals surface area contributed by atoms with Crippen LogP contribution in [-0.2, 0) is 11.2 Å². The van der Waals surface area contributed by atoms with Gasteiger partial charge in [0.1, 0.15) is 17.1 Å². The first-order valence-corrected chi connectivity index (χ1v) is 10.0. The Morgan fingerprint density at radius 2 is 1.88 bits per heavy atom. The van der Waals surface area contributed by atoms with Crippen LogP contribution in [0.25, 0.3) is 0 Å². The van der Waals surface area contributed by atoms with Crippen molar-refractivity contribution in [1.82, 2.24) is 10.3 Å². The molecule has 0 radical (unpaired) electrons. The predicted octanol–water partition coefficient (Wildman–Crippen LogP) is 3.84. The lowest BCUT2D eigenvalue weighted by atomic mass is 9.92. The van der Waals surface area contributed by atoms with Crippen LogP contribution in [0.15, 0.2) is 66.9 Å². The van der Waals surface area contributed by atoms with Crippen molar-refractivity contribution >= 4 is 29.2 Å². The summed E-state index contributed by atoms with van der Waals surface area (Å²) in [7, 11) is 0. The lowest BCUT2D eigenvalue weighted by molar-refractivity contribution is -0.121. The second-order valence-electron chi connectivity index (χ2n) is 7.88. The molecule has 4 amide bonds. The van der Waals surface area contributed by atoms with Crippen molar-refractivity contribution in [3.05, 3.63) is 89.5 Å². The fraction of sp³-hybridized carbons (Fsp3) is 0.167. The number of carbonyl (C=O) groups excluding carboxylic acids is 3. The summed E-state index contributed by atoms with van der Waals surface area (Å²) in [5, 5.41) is 5.51. The number of anilines is 2. The molecule has 2 heterocycles. The van der Waals surface area contributed by atoms with Gasteiger partial charge >= 0.3 is 6.03 Å². The van der Waals surface area contributed by atoms with Gasteiger partial charge in [0, 0.05) is 18.3 Å². The molecule has 1 atom stereocenters. The van der Waals surface area contributed by atoms with E-state index in [1.165, 1.54) is 18.3 Å². The van der Waals surface area contributed by atoms with Gasteiger partial charge in [0.15, 0.2) is 0 Å². The van der Waals surface area contributed by atoms with Crippen LogP contribution in [-0.4, -0.2) is 28.4 Å². The third kappa shape index (κ3) is 4.07. The number of hydrogen-bond acceptors (Lipinski definition) is 4. The first-order chi connectivity index (χ1) is 15.3. The third-order valence-electron chi connectivity index (χ3n) is 5.33. The van der Waals surface area contributed by atoms with E-state index in [1.54, 1.807) is 62.4 Å². The Labute approximate surface area is 184 Å². The molecule has 7 nitrogen and oxygen atoms in total. The average molecular weight is 432 g/mol. The number of aryl methyl sites for hydroxylation is 1. The lowest BCUT2D eigenvalue weighted by Crippen LogP contribution is -2.46. The number of benzene rings is 2. The lowest BCUT2D eigenvalue weighted by Gasteiger charge is -2.22. The fourth-order valence-electron chi connectivity index (χ4n) is 3.71. The standard InChI is InChI=1S/C24H21FN4O3/c1-15-13-18(27-21(30)19-5-3-4-12-26-19)10-11-20(15)29-22(31)24(2,28-23(29)32)14-16-6-8-17(25)9-7-16/h3-13H,14H2,1-2H3,(H,27,30)(H,28,32)/t24-/m0/s1. The molecule has 8 heteroatoms. The molecular formula is C24H21FN4O3. The van der Waals surface area contributed by atoms with E-state index in [-0.39, 0.29) is 23.8 Å². The molecule has 4 rings (SSSR count). The number of nitrogens with zero attached hydrogens (tertiary/aromatic N) is 2. The van der Waals surface area contributed by atoms with Gasteiger partial charge < -0.3 is 10.6 Å². The zero-order valence-electron chi connectivity index (χ0n) is 17.6. The molecule has 162 valence electrons. The van der Waals surface area contributed by atoms with Gasteiger partial charge in [-0.25, -0.2) is 14.1 Å². The molecular weight excluding hydrogens is 411 g/mol. The van der Waals surface area contributed by atoms with Crippen molar-refractivity contribution in [2.24, 2.45) is 0 Å². The summed E-state index contributed by atoms with van der Waals surface area (Å²) in [6.45, 7) is 3.40. The van der Waals surface area contributed by atoms with Crippen LogP contribution in [0.4, 0.5) is 20.6 Å². The van der Waals surface area contributed by atoms with E-state index in [0.717, 1.165) is 10.5 Å². The molecule has 1 aromatic heterocycles. The first kappa shape index (κ1) is 21.2. The number of pyridine rings is 1. The highest BCUT2D eigenvalue weighted by Gasteiger charge is 2.48. The Hall–Kier alpha value is -4.07. The summed E-state index contributed by atoms with van der Waals surface area (Å²) in [5.41, 5.74) is 1.42. The predicted molar refractivity (Wildman–Crippen MR) is 118 cm³/mol. The summed E-state index contributed by atoms with van der Waals surface area (Å²) < 4.78 is 13.2. The fourth-order valence-corrected chi connectivity index (χ4v) is 3.71. The molecule has 0 bridgehead atoms. The number of urea groups is 1. The number of hydrogen-bond donors (Lipinski definition) is 2. The minimum Gasteiger partial charge on any atom is -0.323 e. The Morgan fingerprint density at radius 1 is 1.12 bits per heavy atom. The second-order valence-corrected chi connectivity index (χ2v) is 7.88. The molecule has 0 spiro atoms. The molecule has 1 fully saturated rings. The van der Waals surface area contributed by atoms with Crippen molar-refractivity contribution in [3.8, 4) is 0 Å².